The predicted octanol–water partition coefficient (Wildman–Crippen LogP) is 3.99. The molecule has 0 unspecified atom stereocenters. The van der Waals surface area contributed by atoms with Crippen molar-refractivity contribution in [3.8, 4) is 5.75 Å². The second kappa shape index (κ2) is 8.01. The van der Waals surface area contributed by atoms with Crippen LogP contribution in [0.2, 0.25) is 0 Å². The molecule has 0 saturated carbocycles. The van der Waals surface area contributed by atoms with E-state index in [4.69, 9.17) is 10.5 Å². The molecule has 1 aromatic rings. The molecule has 17 heavy (non-hydrogen) atoms. The molecule has 0 saturated heterocycles. The summed E-state index contributed by atoms with van der Waals surface area (Å²) in [5.41, 5.74) is 6.99. The Morgan fingerprint density at radius 3 is 2.88 bits per heavy atom. The van der Waals surface area contributed by atoms with Crippen LogP contribution in [-0.2, 0) is 0 Å². The molecule has 1 aromatic carbocycles. The van der Waals surface area contributed by atoms with Gasteiger partial charge in [-0.2, -0.15) is 11.8 Å². The Bertz CT molecular complexity index is 344. The van der Waals surface area contributed by atoms with Gasteiger partial charge in [0.1, 0.15) is 5.75 Å². The number of hydrogen-bond acceptors (Lipinski definition) is 3. The van der Waals surface area contributed by atoms with Crippen LogP contribution in [0.3, 0.4) is 0 Å². The van der Waals surface area contributed by atoms with Crippen molar-refractivity contribution in [1.82, 2.24) is 0 Å². The molecule has 0 aliphatic carbocycles. The fourth-order valence-electron chi connectivity index (χ4n) is 1.49. The highest BCUT2D eigenvalue weighted by Crippen LogP contribution is 2.27. The lowest BCUT2D eigenvalue weighted by atomic mass is 10.1. The summed E-state index contributed by atoms with van der Waals surface area (Å²) in [6, 6.07) is 5.99. The Hall–Kier alpha value is -0.190. The van der Waals surface area contributed by atoms with E-state index in [2.05, 4.69) is 22.9 Å². The van der Waals surface area contributed by atoms with Gasteiger partial charge in [-0.1, -0.05) is 22.9 Å². The third kappa shape index (κ3) is 5.32. The van der Waals surface area contributed by atoms with Crippen LogP contribution in [0.25, 0.3) is 0 Å². The zero-order chi connectivity index (χ0) is 12.7. The molecule has 4 heteroatoms. The molecule has 2 N–H and O–H groups in total. The van der Waals surface area contributed by atoms with Crippen molar-refractivity contribution in [3.63, 3.8) is 0 Å². The molecule has 2 nitrogen and oxygen atoms in total. The van der Waals surface area contributed by atoms with Gasteiger partial charge in [-0.15, -0.1) is 0 Å². The second-order valence-electron chi connectivity index (χ2n) is 3.87. The Balaban J connectivity index is 2.52. The van der Waals surface area contributed by atoms with Crippen molar-refractivity contribution >= 4 is 27.7 Å². The largest absolute Gasteiger partial charge is 0.493 e. The van der Waals surface area contributed by atoms with Crippen LogP contribution in [0.15, 0.2) is 22.7 Å². The van der Waals surface area contributed by atoms with Crippen LogP contribution >= 0.6 is 27.7 Å². The van der Waals surface area contributed by atoms with E-state index in [9.17, 15) is 0 Å². The lowest BCUT2D eigenvalue weighted by molar-refractivity contribution is 0.314. The molecular formula is C13H20BrNOS. The first-order valence-electron chi connectivity index (χ1n) is 5.90. The molecule has 0 amide bonds. The minimum absolute atomic E-state index is 0.00693. The van der Waals surface area contributed by atoms with E-state index in [-0.39, 0.29) is 6.04 Å². The molecule has 0 aliphatic rings. The Kier molecular flexibility index (Phi) is 7.00. The summed E-state index contributed by atoms with van der Waals surface area (Å²) in [4.78, 5) is 0. The van der Waals surface area contributed by atoms with Crippen LogP contribution < -0.4 is 10.5 Å². The standard InChI is InChI=1S/C13H20BrNOS/c1-3-17-8-4-7-16-13-6-5-11(14)9-12(13)10(2)15/h5-6,9-10H,3-4,7-8,15H2,1-2H3/t10-/m1/s1. The van der Waals surface area contributed by atoms with E-state index >= 15 is 0 Å². The first kappa shape index (κ1) is 14.9. The van der Waals surface area contributed by atoms with Crippen LogP contribution in [-0.4, -0.2) is 18.1 Å². The van der Waals surface area contributed by atoms with E-state index in [0.29, 0.717) is 0 Å². The maximum atomic E-state index is 5.93. The maximum Gasteiger partial charge on any atom is 0.124 e. The SMILES string of the molecule is CCSCCCOc1ccc(Br)cc1[C@@H](C)N. The third-order valence-electron chi connectivity index (χ3n) is 2.36. The van der Waals surface area contributed by atoms with Crippen molar-refractivity contribution in [2.75, 3.05) is 18.1 Å². The van der Waals surface area contributed by atoms with E-state index in [1.165, 1.54) is 5.75 Å². The van der Waals surface area contributed by atoms with Crippen molar-refractivity contribution in [2.45, 2.75) is 26.3 Å². The van der Waals surface area contributed by atoms with Gasteiger partial charge in [-0.3, -0.25) is 0 Å². The van der Waals surface area contributed by atoms with E-state index in [1.54, 1.807) is 0 Å². The number of ether oxygens (including phenoxy) is 1. The molecule has 0 heterocycles. The maximum absolute atomic E-state index is 5.93. The highest BCUT2D eigenvalue weighted by molar-refractivity contribution is 9.10. The molecule has 1 atom stereocenters. The Morgan fingerprint density at radius 1 is 1.47 bits per heavy atom. The van der Waals surface area contributed by atoms with Gasteiger partial charge in [-0.25, -0.2) is 0 Å². The monoisotopic (exact) mass is 317 g/mol. The molecule has 0 spiro atoms. The van der Waals surface area contributed by atoms with Gasteiger partial charge in [0.15, 0.2) is 0 Å². The molecule has 0 fully saturated rings. The summed E-state index contributed by atoms with van der Waals surface area (Å²) in [5, 5.41) is 0. The smallest absolute Gasteiger partial charge is 0.124 e. The number of rotatable bonds is 7. The minimum Gasteiger partial charge on any atom is -0.493 e. The fraction of sp³-hybridized carbons (Fsp3) is 0.538. The van der Waals surface area contributed by atoms with E-state index in [1.807, 2.05) is 36.9 Å². The topological polar surface area (TPSA) is 35.2 Å². The second-order valence-corrected chi connectivity index (χ2v) is 6.18. The van der Waals surface area contributed by atoms with Gasteiger partial charge in [-0.05, 0) is 43.0 Å². The molecule has 96 valence electrons. The average Bonchev–Trinajstić information content (AvgIpc) is 2.30. The zero-order valence-electron chi connectivity index (χ0n) is 10.4. The highest BCUT2D eigenvalue weighted by Gasteiger charge is 2.08. The molecule has 0 aromatic heterocycles. The number of hydrogen-bond donors (Lipinski definition) is 1. The summed E-state index contributed by atoms with van der Waals surface area (Å²) >= 11 is 5.40. The minimum atomic E-state index is -0.00693. The molecule has 0 bridgehead atoms. The lowest BCUT2D eigenvalue weighted by Crippen LogP contribution is -2.09. The van der Waals surface area contributed by atoms with Gasteiger partial charge in [0.05, 0.1) is 6.61 Å². The quantitative estimate of drug-likeness (QED) is 0.772. The van der Waals surface area contributed by atoms with Crippen molar-refractivity contribution in [2.24, 2.45) is 5.73 Å². The predicted molar refractivity (Wildman–Crippen MR) is 79.9 cm³/mol. The van der Waals surface area contributed by atoms with E-state index in [0.717, 1.165) is 34.6 Å². The Labute approximate surface area is 116 Å². The van der Waals surface area contributed by atoms with Gasteiger partial charge in [0, 0.05) is 16.1 Å². The van der Waals surface area contributed by atoms with Crippen LogP contribution in [0.5, 0.6) is 5.75 Å². The normalized spacial score (nSPS) is 12.5. The third-order valence-corrected chi connectivity index (χ3v) is 3.84. The van der Waals surface area contributed by atoms with Crippen molar-refractivity contribution in [1.29, 1.82) is 0 Å². The van der Waals surface area contributed by atoms with Crippen LogP contribution in [0, 0.1) is 0 Å². The van der Waals surface area contributed by atoms with Gasteiger partial charge in [0.25, 0.3) is 0 Å². The number of thioether (sulfide) groups is 1. The van der Waals surface area contributed by atoms with Crippen LogP contribution in [0.1, 0.15) is 31.9 Å². The number of benzene rings is 1. The zero-order valence-corrected chi connectivity index (χ0v) is 12.8. The average molecular weight is 318 g/mol. The number of nitrogens with two attached hydrogens (primary N) is 1. The number of halogens is 1. The lowest BCUT2D eigenvalue weighted by Gasteiger charge is -2.14. The Morgan fingerprint density at radius 2 is 2.24 bits per heavy atom. The van der Waals surface area contributed by atoms with Crippen LogP contribution in [0.4, 0.5) is 0 Å². The van der Waals surface area contributed by atoms with Gasteiger partial charge < -0.3 is 10.5 Å². The first-order valence-corrected chi connectivity index (χ1v) is 7.85. The van der Waals surface area contributed by atoms with Crippen molar-refractivity contribution in [3.05, 3.63) is 28.2 Å². The van der Waals surface area contributed by atoms with Crippen molar-refractivity contribution < 1.29 is 4.74 Å². The summed E-state index contributed by atoms with van der Waals surface area (Å²) in [6.45, 7) is 4.91. The first-order chi connectivity index (χ1) is 8.15. The summed E-state index contributed by atoms with van der Waals surface area (Å²) in [7, 11) is 0. The molecule has 0 aliphatic heterocycles. The van der Waals surface area contributed by atoms with Gasteiger partial charge >= 0.3 is 0 Å². The fourth-order valence-corrected chi connectivity index (χ4v) is 2.48. The molecular weight excluding hydrogens is 298 g/mol. The summed E-state index contributed by atoms with van der Waals surface area (Å²) in [6.07, 6.45) is 1.08. The summed E-state index contributed by atoms with van der Waals surface area (Å²) in [5.74, 6) is 3.23. The van der Waals surface area contributed by atoms with E-state index < -0.39 is 0 Å². The highest BCUT2D eigenvalue weighted by atomic mass is 79.9. The molecule has 1 rings (SSSR count). The van der Waals surface area contributed by atoms with Gasteiger partial charge in [0.2, 0.25) is 0 Å². The molecule has 0 radical (unpaired) electrons. The summed E-state index contributed by atoms with van der Waals surface area (Å²) < 4.78 is 6.83.